The Hall–Kier alpha value is -1.55. The second-order valence-electron chi connectivity index (χ2n) is 5.30. The van der Waals surface area contributed by atoms with Crippen molar-refractivity contribution in [3.8, 4) is 5.75 Å². The molecule has 4 nitrogen and oxygen atoms in total. The predicted octanol–water partition coefficient (Wildman–Crippen LogP) is 1.40. The number of fused-ring (bicyclic) bond motifs is 2. The van der Waals surface area contributed by atoms with E-state index in [1.807, 2.05) is 0 Å². The van der Waals surface area contributed by atoms with E-state index in [-0.39, 0.29) is 17.7 Å². The molecule has 0 aliphatic carbocycles. The fourth-order valence-corrected chi connectivity index (χ4v) is 3.10. The molecule has 1 aromatic rings. The van der Waals surface area contributed by atoms with Crippen LogP contribution in [0.15, 0.2) is 24.3 Å². The number of nitrogens with one attached hydrogen (secondary N) is 2. The van der Waals surface area contributed by atoms with Gasteiger partial charge >= 0.3 is 0 Å². The lowest BCUT2D eigenvalue weighted by atomic mass is 9.99. The first-order chi connectivity index (χ1) is 8.72. The molecule has 3 N–H and O–H groups in total. The van der Waals surface area contributed by atoms with E-state index in [9.17, 15) is 9.90 Å². The smallest absolute Gasteiger partial charge is 0.255 e. The molecule has 2 unspecified atom stereocenters. The van der Waals surface area contributed by atoms with Crippen LogP contribution in [-0.4, -0.2) is 29.1 Å². The third-order valence-electron chi connectivity index (χ3n) is 3.96. The first kappa shape index (κ1) is 11.5. The molecule has 3 rings (SSSR count). The van der Waals surface area contributed by atoms with Crippen molar-refractivity contribution in [3.63, 3.8) is 0 Å². The quantitative estimate of drug-likeness (QED) is 0.739. The number of para-hydroxylation sites is 1. The van der Waals surface area contributed by atoms with Crippen LogP contribution in [0, 0.1) is 0 Å². The summed E-state index contributed by atoms with van der Waals surface area (Å²) >= 11 is 0. The Morgan fingerprint density at radius 1 is 1.22 bits per heavy atom. The van der Waals surface area contributed by atoms with Gasteiger partial charge in [-0.15, -0.1) is 0 Å². The van der Waals surface area contributed by atoms with Gasteiger partial charge in [0.15, 0.2) is 0 Å². The van der Waals surface area contributed by atoms with Crippen LogP contribution in [0.25, 0.3) is 0 Å². The molecule has 2 heterocycles. The average molecular weight is 246 g/mol. The maximum absolute atomic E-state index is 12.1. The number of hydrogen-bond donors (Lipinski definition) is 3. The first-order valence-corrected chi connectivity index (χ1v) is 6.57. The zero-order valence-electron chi connectivity index (χ0n) is 10.2. The van der Waals surface area contributed by atoms with Crippen LogP contribution in [0.4, 0.5) is 0 Å². The molecule has 4 heteroatoms. The van der Waals surface area contributed by atoms with Gasteiger partial charge in [-0.3, -0.25) is 4.79 Å². The maximum atomic E-state index is 12.1. The van der Waals surface area contributed by atoms with Gasteiger partial charge in [0.25, 0.3) is 5.91 Å². The van der Waals surface area contributed by atoms with E-state index in [4.69, 9.17) is 0 Å². The summed E-state index contributed by atoms with van der Waals surface area (Å²) in [7, 11) is 0. The summed E-state index contributed by atoms with van der Waals surface area (Å²) in [5.41, 5.74) is 0.364. The van der Waals surface area contributed by atoms with Crippen molar-refractivity contribution < 1.29 is 9.90 Å². The Bertz CT molecular complexity index is 449. The van der Waals surface area contributed by atoms with Crippen LogP contribution < -0.4 is 10.6 Å². The Morgan fingerprint density at radius 3 is 2.56 bits per heavy atom. The number of amides is 1. The lowest BCUT2D eigenvalue weighted by molar-refractivity contribution is 0.0921. The van der Waals surface area contributed by atoms with Crippen molar-refractivity contribution in [2.75, 3.05) is 0 Å². The number of carbonyl (C=O) groups excluding carboxylic acids is 1. The normalized spacial score (nSPS) is 30.1. The molecule has 0 aromatic heterocycles. The SMILES string of the molecule is O=C(NC1CC2CCC(C1)N2)c1ccccc1O. The zero-order chi connectivity index (χ0) is 12.5. The molecule has 2 bridgehead atoms. The molecule has 2 aliphatic heterocycles. The molecule has 18 heavy (non-hydrogen) atoms. The fraction of sp³-hybridized carbons (Fsp3) is 0.500. The fourth-order valence-electron chi connectivity index (χ4n) is 3.10. The van der Waals surface area contributed by atoms with E-state index in [1.54, 1.807) is 24.3 Å². The highest BCUT2D eigenvalue weighted by Crippen LogP contribution is 2.27. The second-order valence-corrected chi connectivity index (χ2v) is 5.30. The maximum Gasteiger partial charge on any atom is 0.255 e. The molecule has 1 amide bonds. The summed E-state index contributed by atoms with van der Waals surface area (Å²) in [6.07, 6.45) is 4.42. The highest BCUT2D eigenvalue weighted by atomic mass is 16.3. The van der Waals surface area contributed by atoms with E-state index >= 15 is 0 Å². The topological polar surface area (TPSA) is 61.4 Å². The Morgan fingerprint density at radius 2 is 1.89 bits per heavy atom. The molecular formula is C14H18N2O2. The minimum absolute atomic E-state index is 0.0481. The van der Waals surface area contributed by atoms with Crippen LogP contribution >= 0.6 is 0 Å². The molecule has 1 aromatic carbocycles. The van der Waals surface area contributed by atoms with Gasteiger partial charge in [0.1, 0.15) is 5.75 Å². The number of rotatable bonds is 2. The third-order valence-corrected chi connectivity index (χ3v) is 3.96. The van der Waals surface area contributed by atoms with Crippen molar-refractivity contribution in [1.29, 1.82) is 0 Å². The summed E-state index contributed by atoms with van der Waals surface area (Å²) in [5.74, 6) is -0.119. The Labute approximate surface area is 106 Å². The standard InChI is InChI=1S/C14H18N2O2/c17-13-4-2-1-3-12(13)14(18)16-11-7-9-5-6-10(8-11)15-9/h1-4,9-11,15,17H,5-8H2,(H,16,18). The van der Waals surface area contributed by atoms with E-state index in [1.165, 1.54) is 12.8 Å². The summed E-state index contributed by atoms with van der Waals surface area (Å²) in [5, 5.41) is 16.2. The van der Waals surface area contributed by atoms with Gasteiger partial charge in [-0.1, -0.05) is 12.1 Å². The zero-order valence-corrected chi connectivity index (χ0v) is 10.2. The van der Waals surface area contributed by atoms with Crippen molar-refractivity contribution >= 4 is 5.91 Å². The molecule has 2 aliphatic rings. The molecule has 2 saturated heterocycles. The Kier molecular flexibility index (Phi) is 2.96. The molecular weight excluding hydrogens is 228 g/mol. The highest BCUT2D eigenvalue weighted by molar-refractivity contribution is 5.96. The van der Waals surface area contributed by atoms with Gasteiger partial charge in [-0.2, -0.15) is 0 Å². The molecule has 2 atom stereocenters. The van der Waals surface area contributed by atoms with Gasteiger partial charge in [0.05, 0.1) is 5.56 Å². The summed E-state index contributed by atoms with van der Waals surface area (Å²) < 4.78 is 0. The number of hydrogen-bond acceptors (Lipinski definition) is 3. The van der Waals surface area contributed by atoms with E-state index < -0.39 is 0 Å². The van der Waals surface area contributed by atoms with Crippen molar-refractivity contribution in [3.05, 3.63) is 29.8 Å². The lowest BCUT2D eigenvalue weighted by Gasteiger charge is -2.29. The molecule has 0 saturated carbocycles. The summed E-state index contributed by atoms with van der Waals surface area (Å²) in [6, 6.07) is 8.02. The largest absolute Gasteiger partial charge is 0.507 e. The van der Waals surface area contributed by atoms with Crippen LogP contribution in [0.1, 0.15) is 36.0 Å². The lowest BCUT2D eigenvalue weighted by Crippen LogP contribution is -2.48. The minimum atomic E-state index is -0.167. The van der Waals surface area contributed by atoms with Crippen LogP contribution in [0.5, 0.6) is 5.75 Å². The Balaban J connectivity index is 1.66. The molecule has 0 radical (unpaired) electrons. The summed E-state index contributed by atoms with van der Waals surface area (Å²) in [4.78, 5) is 12.1. The van der Waals surface area contributed by atoms with Crippen molar-refractivity contribution in [2.45, 2.75) is 43.8 Å². The third kappa shape index (κ3) is 2.20. The van der Waals surface area contributed by atoms with Gasteiger partial charge in [0.2, 0.25) is 0 Å². The average Bonchev–Trinajstić information content (AvgIpc) is 2.69. The van der Waals surface area contributed by atoms with Crippen molar-refractivity contribution in [1.82, 2.24) is 10.6 Å². The monoisotopic (exact) mass is 246 g/mol. The van der Waals surface area contributed by atoms with E-state index in [0.717, 1.165) is 12.8 Å². The van der Waals surface area contributed by atoms with Gasteiger partial charge < -0.3 is 15.7 Å². The number of phenols is 1. The van der Waals surface area contributed by atoms with Gasteiger partial charge in [0, 0.05) is 18.1 Å². The van der Waals surface area contributed by atoms with E-state index in [2.05, 4.69) is 10.6 Å². The number of phenolic OH excluding ortho intramolecular Hbond substituents is 1. The number of piperidine rings is 1. The first-order valence-electron chi connectivity index (χ1n) is 6.57. The second kappa shape index (κ2) is 4.61. The molecule has 0 spiro atoms. The van der Waals surface area contributed by atoms with E-state index in [0.29, 0.717) is 17.6 Å². The predicted molar refractivity (Wildman–Crippen MR) is 68.5 cm³/mol. The number of carbonyl (C=O) groups is 1. The number of aromatic hydroxyl groups is 1. The van der Waals surface area contributed by atoms with Gasteiger partial charge in [-0.25, -0.2) is 0 Å². The molecule has 2 fully saturated rings. The van der Waals surface area contributed by atoms with Gasteiger partial charge in [-0.05, 0) is 37.8 Å². The highest BCUT2D eigenvalue weighted by Gasteiger charge is 2.34. The van der Waals surface area contributed by atoms with Crippen LogP contribution in [-0.2, 0) is 0 Å². The number of benzene rings is 1. The minimum Gasteiger partial charge on any atom is -0.507 e. The summed E-state index contributed by atoms with van der Waals surface area (Å²) in [6.45, 7) is 0. The van der Waals surface area contributed by atoms with Crippen LogP contribution in [0.3, 0.4) is 0 Å². The van der Waals surface area contributed by atoms with Crippen LogP contribution in [0.2, 0.25) is 0 Å². The molecule has 96 valence electrons. The van der Waals surface area contributed by atoms with Crippen molar-refractivity contribution in [2.24, 2.45) is 0 Å².